The van der Waals surface area contributed by atoms with E-state index in [-0.39, 0.29) is 24.6 Å². The number of nitrogens with two attached hydrogens (primary N) is 1. The lowest BCUT2D eigenvalue weighted by molar-refractivity contribution is -0.124. The van der Waals surface area contributed by atoms with Gasteiger partial charge < -0.3 is 15.8 Å². The molecule has 1 amide bonds. The van der Waals surface area contributed by atoms with Gasteiger partial charge in [-0.1, -0.05) is 26.0 Å². The Morgan fingerprint density at radius 2 is 1.95 bits per heavy atom. The lowest BCUT2D eigenvalue weighted by atomic mass is 10.1. The number of benzene rings is 1. The Kier molecular flexibility index (Phi) is 6.02. The highest BCUT2D eigenvalue weighted by Gasteiger charge is 2.12. The fraction of sp³-hybridized carbons (Fsp3) is 0.562. The molecule has 1 rings (SSSR count). The van der Waals surface area contributed by atoms with Gasteiger partial charge in [0.05, 0.1) is 0 Å². The van der Waals surface area contributed by atoms with Crippen LogP contribution in [0.2, 0.25) is 0 Å². The van der Waals surface area contributed by atoms with Crippen molar-refractivity contribution in [2.75, 3.05) is 6.61 Å². The fourth-order valence-electron chi connectivity index (χ4n) is 1.72. The zero-order valence-corrected chi connectivity index (χ0v) is 13.1. The van der Waals surface area contributed by atoms with Crippen LogP contribution in [0.3, 0.4) is 0 Å². The second-order valence-corrected chi connectivity index (χ2v) is 5.70. The van der Waals surface area contributed by atoms with Gasteiger partial charge in [-0.3, -0.25) is 4.79 Å². The van der Waals surface area contributed by atoms with E-state index < -0.39 is 0 Å². The van der Waals surface area contributed by atoms with Crippen LogP contribution in [0, 0.1) is 12.8 Å². The van der Waals surface area contributed by atoms with Gasteiger partial charge in [0.25, 0.3) is 5.91 Å². The van der Waals surface area contributed by atoms with E-state index in [0.717, 1.165) is 16.9 Å². The van der Waals surface area contributed by atoms with Gasteiger partial charge in [0.15, 0.2) is 6.61 Å². The van der Waals surface area contributed by atoms with Crippen molar-refractivity contribution in [2.45, 2.75) is 46.7 Å². The second-order valence-electron chi connectivity index (χ2n) is 5.70. The highest BCUT2D eigenvalue weighted by molar-refractivity contribution is 5.77. The molecule has 1 aromatic carbocycles. The molecule has 0 saturated heterocycles. The summed E-state index contributed by atoms with van der Waals surface area (Å²) >= 11 is 0. The maximum absolute atomic E-state index is 11.8. The van der Waals surface area contributed by atoms with Gasteiger partial charge in [0, 0.05) is 12.1 Å². The monoisotopic (exact) mass is 278 g/mol. The second kappa shape index (κ2) is 7.29. The molecule has 112 valence electrons. The fourth-order valence-corrected chi connectivity index (χ4v) is 1.72. The zero-order valence-electron chi connectivity index (χ0n) is 13.1. The highest BCUT2D eigenvalue weighted by Crippen LogP contribution is 2.21. The van der Waals surface area contributed by atoms with Crippen LogP contribution in [-0.4, -0.2) is 18.6 Å². The predicted molar refractivity (Wildman–Crippen MR) is 81.7 cm³/mol. The van der Waals surface area contributed by atoms with E-state index in [1.165, 1.54) is 0 Å². The summed E-state index contributed by atoms with van der Waals surface area (Å²) in [5.74, 6) is 1.04. The molecule has 4 nitrogen and oxygen atoms in total. The number of rotatable bonds is 6. The van der Waals surface area contributed by atoms with Crippen LogP contribution in [0.15, 0.2) is 18.2 Å². The standard InChI is InChI=1S/C16H26N2O2/c1-10(2)13(5)18-16(19)9-20-15-7-6-14(12(4)17)8-11(15)3/h6-8,10,12-13H,9,17H2,1-5H3,(H,18,19)/t12-,13?/m0/s1. The number of amides is 1. The Balaban J connectivity index is 2.56. The summed E-state index contributed by atoms with van der Waals surface area (Å²) in [6, 6.07) is 5.94. The van der Waals surface area contributed by atoms with Crippen molar-refractivity contribution in [3.05, 3.63) is 29.3 Å². The van der Waals surface area contributed by atoms with E-state index in [4.69, 9.17) is 10.5 Å². The Labute approximate surface area is 121 Å². The molecule has 1 aromatic rings. The van der Waals surface area contributed by atoms with Crippen LogP contribution in [0.1, 0.15) is 44.9 Å². The van der Waals surface area contributed by atoms with Gasteiger partial charge in [-0.2, -0.15) is 0 Å². The molecule has 0 bridgehead atoms. The number of nitrogens with one attached hydrogen (secondary N) is 1. The van der Waals surface area contributed by atoms with Crippen molar-refractivity contribution in [3.8, 4) is 5.75 Å². The van der Waals surface area contributed by atoms with Gasteiger partial charge >= 0.3 is 0 Å². The molecule has 3 N–H and O–H groups in total. The molecule has 0 aliphatic rings. The first-order valence-corrected chi connectivity index (χ1v) is 7.09. The number of aryl methyl sites for hydroxylation is 1. The first-order valence-electron chi connectivity index (χ1n) is 7.09. The van der Waals surface area contributed by atoms with Gasteiger partial charge in [-0.05, 0) is 43.9 Å². The summed E-state index contributed by atoms with van der Waals surface area (Å²) in [6.07, 6.45) is 0. The molecule has 0 aromatic heterocycles. The minimum atomic E-state index is -0.0955. The molecule has 0 heterocycles. The summed E-state index contributed by atoms with van der Waals surface area (Å²) in [5, 5.41) is 2.91. The quantitative estimate of drug-likeness (QED) is 0.840. The molecule has 0 fully saturated rings. The number of carbonyl (C=O) groups excluding carboxylic acids is 1. The average Bonchev–Trinajstić information content (AvgIpc) is 2.36. The molecular weight excluding hydrogens is 252 g/mol. The highest BCUT2D eigenvalue weighted by atomic mass is 16.5. The maximum Gasteiger partial charge on any atom is 0.258 e. The van der Waals surface area contributed by atoms with Crippen molar-refractivity contribution in [3.63, 3.8) is 0 Å². The largest absolute Gasteiger partial charge is 0.484 e. The minimum Gasteiger partial charge on any atom is -0.484 e. The smallest absolute Gasteiger partial charge is 0.258 e. The first-order chi connectivity index (χ1) is 9.31. The molecule has 1 unspecified atom stereocenters. The van der Waals surface area contributed by atoms with E-state index in [1.807, 2.05) is 39.0 Å². The Morgan fingerprint density at radius 3 is 2.45 bits per heavy atom. The third kappa shape index (κ3) is 4.85. The van der Waals surface area contributed by atoms with Crippen LogP contribution in [0.25, 0.3) is 0 Å². The first kappa shape index (κ1) is 16.5. The van der Waals surface area contributed by atoms with Crippen molar-refractivity contribution in [1.82, 2.24) is 5.32 Å². The number of carbonyl (C=O) groups is 1. The van der Waals surface area contributed by atoms with Crippen LogP contribution < -0.4 is 15.8 Å². The lowest BCUT2D eigenvalue weighted by Crippen LogP contribution is -2.39. The Hall–Kier alpha value is -1.55. The van der Waals surface area contributed by atoms with E-state index in [9.17, 15) is 4.79 Å². The van der Waals surface area contributed by atoms with Gasteiger partial charge in [0.2, 0.25) is 0 Å². The van der Waals surface area contributed by atoms with Gasteiger partial charge in [-0.25, -0.2) is 0 Å². The SMILES string of the molecule is Cc1cc([C@H](C)N)ccc1OCC(=O)NC(C)C(C)C. The molecule has 4 heteroatoms. The maximum atomic E-state index is 11.8. The summed E-state index contributed by atoms with van der Waals surface area (Å²) in [6.45, 7) is 10.1. The normalized spacial score (nSPS) is 13.9. The van der Waals surface area contributed by atoms with Crippen molar-refractivity contribution >= 4 is 5.91 Å². The van der Waals surface area contributed by atoms with E-state index in [1.54, 1.807) is 0 Å². The molecule has 0 aliphatic carbocycles. The zero-order chi connectivity index (χ0) is 15.3. The predicted octanol–water partition coefficient (Wildman–Crippen LogP) is 2.55. The van der Waals surface area contributed by atoms with Crippen LogP contribution >= 0.6 is 0 Å². The number of hydrogen-bond acceptors (Lipinski definition) is 3. The minimum absolute atomic E-state index is 0.00191. The summed E-state index contributed by atoms with van der Waals surface area (Å²) in [5.41, 5.74) is 7.89. The average molecular weight is 278 g/mol. The number of hydrogen-bond donors (Lipinski definition) is 2. The third-order valence-corrected chi connectivity index (χ3v) is 3.47. The van der Waals surface area contributed by atoms with Gasteiger partial charge in [0.1, 0.15) is 5.75 Å². The van der Waals surface area contributed by atoms with Crippen molar-refractivity contribution in [1.29, 1.82) is 0 Å². The van der Waals surface area contributed by atoms with Crippen LogP contribution in [0.4, 0.5) is 0 Å². The molecule has 2 atom stereocenters. The topological polar surface area (TPSA) is 64.3 Å². The lowest BCUT2D eigenvalue weighted by Gasteiger charge is -2.18. The van der Waals surface area contributed by atoms with E-state index in [2.05, 4.69) is 19.2 Å². The number of ether oxygens (including phenoxy) is 1. The van der Waals surface area contributed by atoms with E-state index in [0.29, 0.717) is 5.92 Å². The molecule has 0 saturated carbocycles. The Bertz CT molecular complexity index is 456. The van der Waals surface area contributed by atoms with Crippen LogP contribution in [-0.2, 0) is 4.79 Å². The van der Waals surface area contributed by atoms with E-state index >= 15 is 0 Å². The Morgan fingerprint density at radius 1 is 1.30 bits per heavy atom. The van der Waals surface area contributed by atoms with Crippen LogP contribution in [0.5, 0.6) is 5.75 Å². The van der Waals surface area contributed by atoms with Gasteiger partial charge in [-0.15, -0.1) is 0 Å². The molecule has 0 spiro atoms. The molecule has 20 heavy (non-hydrogen) atoms. The molecule has 0 radical (unpaired) electrons. The molecular formula is C16H26N2O2. The summed E-state index contributed by atoms with van der Waals surface area (Å²) in [7, 11) is 0. The molecule has 0 aliphatic heterocycles. The third-order valence-electron chi connectivity index (χ3n) is 3.47. The summed E-state index contributed by atoms with van der Waals surface area (Å²) < 4.78 is 5.56. The summed E-state index contributed by atoms with van der Waals surface area (Å²) in [4.78, 5) is 11.8. The van der Waals surface area contributed by atoms with Crippen molar-refractivity contribution < 1.29 is 9.53 Å². The van der Waals surface area contributed by atoms with Crippen molar-refractivity contribution in [2.24, 2.45) is 11.7 Å².